The summed E-state index contributed by atoms with van der Waals surface area (Å²) in [5, 5.41) is 12.6. The summed E-state index contributed by atoms with van der Waals surface area (Å²) >= 11 is 0. The predicted octanol–water partition coefficient (Wildman–Crippen LogP) is 10.1. The molecule has 206 valence electrons. The van der Waals surface area contributed by atoms with Crippen LogP contribution in [0.25, 0.3) is 0 Å². The average Bonchev–Trinajstić information content (AvgIpc) is 2.77. The Hall–Kier alpha value is -0.0800. The number of hydrogen-bond acceptors (Lipinski definition) is 2. The Balaban J connectivity index is -0.000000188. The van der Waals surface area contributed by atoms with Crippen LogP contribution in [0.3, 0.4) is 0 Å². The van der Waals surface area contributed by atoms with Gasteiger partial charge in [-0.3, -0.25) is 0 Å². The molecule has 0 rings (SSSR count). The standard InChI is InChI=1S/C12H27N.C9H20.C8H18O.C2H6/c1-8(2)10(5)12(7)13-11(6)9(3)4;1-5-7-8-9(3,4)6-2;1-4-7(2)5-6-8(3)9;1-2/h8-13H,1-7H3;5-8H2,1-4H3;7-9H,4-6H2,1-3H3;1-2H3. The number of aliphatic hydroxyl groups is 1. The first-order chi connectivity index (χ1) is 15.1. The van der Waals surface area contributed by atoms with Crippen LogP contribution in [0.1, 0.15) is 156 Å². The lowest BCUT2D eigenvalue weighted by atomic mass is 9.85. The van der Waals surface area contributed by atoms with Gasteiger partial charge in [-0.05, 0) is 69.1 Å². The zero-order chi connectivity index (χ0) is 27.2. The second-order valence-corrected chi connectivity index (χ2v) is 11.7. The fourth-order valence-corrected chi connectivity index (χ4v) is 2.90. The molecular formula is C31H71NO. The molecule has 0 heterocycles. The van der Waals surface area contributed by atoms with Gasteiger partial charge in [0, 0.05) is 12.1 Å². The molecule has 0 bridgehead atoms. The molecule has 0 aliphatic heterocycles. The summed E-state index contributed by atoms with van der Waals surface area (Å²) in [5.41, 5.74) is 0.593. The van der Waals surface area contributed by atoms with Gasteiger partial charge in [0.2, 0.25) is 0 Å². The summed E-state index contributed by atoms with van der Waals surface area (Å²) in [5.74, 6) is 3.02. The summed E-state index contributed by atoms with van der Waals surface area (Å²) < 4.78 is 0. The molecule has 0 aliphatic rings. The highest BCUT2D eigenvalue weighted by molar-refractivity contribution is 4.75. The zero-order valence-corrected chi connectivity index (χ0v) is 26.4. The van der Waals surface area contributed by atoms with Crippen LogP contribution in [0, 0.1) is 29.1 Å². The van der Waals surface area contributed by atoms with Crippen LogP contribution in [0.2, 0.25) is 0 Å². The third-order valence-corrected chi connectivity index (χ3v) is 7.30. The van der Waals surface area contributed by atoms with E-state index in [4.69, 9.17) is 5.11 Å². The van der Waals surface area contributed by atoms with E-state index in [0.717, 1.165) is 36.5 Å². The first-order valence-corrected chi connectivity index (χ1v) is 14.6. The summed E-state index contributed by atoms with van der Waals surface area (Å²) in [6.07, 6.45) is 8.66. The molecular weight excluding hydrogens is 402 g/mol. The fraction of sp³-hybridized carbons (Fsp3) is 1.00. The van der Waals surface area contributed by atoms with Gasteiger partial charge in [-0.2, -0.15) is 0 Å². The highest BCUT2D eigenvalue weighted by Gasteiger charge is 2.18. The number of aliphatic hydroxyl groups excluding tert-OH is 1. The van der Waals surface area contributed by atoms with Gasteiger partial charge in [-0.25, -0.2) is 0 Å². The molecule has 2 N–H and O–H groups in total. The van der Waals surface area contributed by atoms with Gasteiger partial charge in [0.15, 0.2) is 0 Å². The molecule has 0 aromatic rings. The van der Waals surface area contributed by atoms with Crippen molar-refractivity contribution < 1.29 is 5.11 Å². The van der Waals surface area contributed by atoms with Gasteiger partial charge < -0.3 is 10.4 Å². The average molecular weight is 474 g/mol. The fourth-order valence-electron chi connectivity index (χ4n) is 2.90. The van der Waals surface area contributed by atoms with E-state index in [1.54, 1.807) is 0 Å². The summed E-state index contributed by atoms with van der Waals surface area (Å²) in [6.45, 7) is 35.5. The van der Waals surface area contributed by atoms with E-state index >= 15 is 0 Å². The van der Waals surface area contributed by atoms with Crippen LogP contribution in [-0.2, 0) is 0 Å². The van der Waals surface area contributed by atoms with Crippen molar-refractivity contribution in [1.82, 2.24) is 5.32 Å². The molecule has 0 aliphatic carbocycles. The van der Waals surface area contributed by atoms with Gasteiger partial charge in [0.1, 0.15) is 0 Å². The minimum absolute atomic E-state index is 0.112. The maximum atomic E-state index is 8.90. The third kappa shape index (κ3) is 29.9. The van der Waals surface area contributed by atoms with Crippen molar-refractivity contribution in [2.75, 3.05) is 0 Å². The van der Waals surface area contributed by atoms with Gasteiger partial charge in [0.25, 0.3) is 0 Å². The van der Waals surface area contributed by atoms with Crippen molar-refractivity contribution in [3.63, 3.8) is 0 Å². The molecule has 0 aromatic carbocycles. The van der Waals surface area contributed by atoms with E-state index in [-0.39, 0.29) is 6.10 Å². The van der Waals surface area contributed by atoms with E-state index in [9.17, 15) is 0 Å². The van der Waals surface area contributed by atoms with E-state index in [1.807, 2.05) is 20.8 Å². The Morgan fingerprint density at radius 3 is 1.52 bits per heavy atom. The summed E-state index contributed by atoms with van der Waals surface area (Å²) in [7, 11) is 0. The molecule has 5 atom stereocenters. The lowest BCUT2D eigenvalue weighted by molar-refractivity contribution is 0.174. The molecule has 2 heteroatoms. The van der Waals surface area contributed by atoms with Gasteiger partial charge in [-0.1, -0.05) is 116 Å². The zero-order valence-electron chi connectivity index (χ0n) is 26.4. The maximum Gasteiger partial charge on any atom is 0.0512 e. The number of rotatable bonds is 13. The van der Waals surface area contributed by atoms with Crippen molar-refractivity contribution in [1.29, 1.82) is 0 Å². The van der Waals surface area contributed by atoms with E-state index in [2.05, 4.69) is 95.3 Å². The number of nitrogens with one attached hydrogen (secondary N) is 1. The van der Waals surface area contributed by atoms with Gasteiger partial charge in [-0.15, -0.1) is 0 Å². The SMILES string of the molecule is CC.CC(C)C(C)NC(C)C(C)C(C)C.CCC(C)CCC(C)O.CCCCC(C)(C)CC. The largest absolute Gasteiger partial charge is 0.393 e. The first kappa shape index (κ1) is 40.1. The van der Waals surface area contributed by atoms with Crippen LogP contribution in [0.4, 0.5) is 0 Å². The quantitative estimate of drug-likeness (QED) is 0.279. The molecule has 5 unspecified atom stereocenters. The van der Waals surface area contributed by atoms with Crippen LogP contribution in [0.15, 0.2) is 0 Å². The second kappa shape index (κ2) is 25.0. The Morgan fingerprint density at radius 1 is 0.727 bits per heavy atom. The predicted molar refractivity (Wildman–Crippen MR) is 156 cm³/mol. The molecule has 0 radical (unpaired) electrons. The molecule has 0 saturated carbocycles. The smallest absolute Gasteiger partial charge is 0.0512 e. The Bertz CT molecular complexity index is 362. The van der Waals surface area contributed by atoms with E-state index < -0.39 is 0 Å². The highest BCUT2D eigenvalue weighted by Crippen LogP contribution is 2.26. The molecule has 0 fully saturated rings. The first-order valence-electron chi connectivity index (χ1n) is 14.6. The topological polar surface area (TPSA) is 32.3 Å². The molecule has 0 amide bonds. The summed E-state index contributed by atoms with van der Waals surface area (Å²) in [6, 6.07) is 1.24. The second-order valence-electron chi connectivity index (χ2n) is 11.7. The van der Waals surface area contributed by atoms with Crippen molar-refractivity contribution in [3.05, 3.63) is 0 Å². The molecule has 0 saturated heterocycles. The Kier molecular flexibility index (Phi) is 30.4. The minimum atomic E-state index is -0.112. The molecule has 0 aromatic heterocycles. The van der Waals surface area contributed by atoms with Crippen LogP contribution >= 0.6 is 0 Å². The van der Waals surface area contributed by atoms with Gasteiger partial charge >= 0.3 is 0 Å². The van der Waals surface area contributed by atoms with Crippen molar-refractivity contribution in [3.8, 4) is 0 Å². The molecule has 2 nitrogen and oxygen atoms in total. The lowest BCUT2D eigenvalue weighted by Crippen LogP contribution is -2.42. The van der Waals surface area contributed by atoms with E-state index in [1.165, 1.54) is 32.1 Å². The maximum absolute atomic E-state index is 8.90. The van der Waals surface area contributed by atoms with Gasteiger partial charge in [0.05, 0.1) is 6.10 Å². The number of unbranched alkanes of at least 4 members (excludes halogenated alkanes) is 1. The molecule has 0 spiro atoms. The lowest BCUT2D eigenvalue weighted by Gasteiger charge is -2.29. The monoisotopic (exact) mass is 474 g/mol. The van der Waals surface area contributed by atoms with Crippen LogP contribution in [0.5, 0.6) is 0 Å². The Labute approximate surface area is 213 Å². The third-order valence-electron chi connectivity index (χ3n) is 7.30. The van der Waals surface area contributed by atoms with Crippen molar-refractivity contribution in [2.24, 2.45) is 29.1 Å². The Morgan fingerprint density at radius 2 is 1.21 bits per heavy atom. The van der Waals surface area contributed by atoms with Crippen molar-refractivity contribution in [2.45, 2.75) is 174 Å². The number of hydrogen-bond donors (Lipinski definition) is 2. The van der Waals surface area contributed by atoms with Crippen LogP contribution in [-0.4, -0.2) is 23.3 Å². The van der Waals surface area contributed by atoms with Crippen LogP contribution < -0.4 is 5.32 Å². The summed E-state index contributed by atoms with van der Waals surface area (Å²) in [4.78, 5) is 0. The normalized spacial score (nSPS) is 15.7. The van der Waals surface area contributed by atoms with Crippen molar-refractivity contribution >= 4 is 0 Å². The highest BCUT2D eigenvalue weighted by atomic mass is 16.3. The minimum Gasteiger partial charge on any atom is -0.393 e. The molecule has 33 heavy (non-hydrogen) atoms. The van der Waals surface area contributed by atoms with E-state index in [0.29, 0.717) is 17.5 Å².